The molecule has 6 nitrogen and oxygen atoms in total. The first-order chi connectivity index (χ1) is 15.0. The highest BCUT2D eigenvalue weighted by atomic mass is 16.5. The number of piperidine rings is 1. The van der Waals surface area contributed by atoms with Crippen LogP contribution in [0.5, 0.6) is 5.75 Å². The summed E-state index contributed by atoms with van der Waals surface area (Å²) in [5.41, 5.74) is 2.07. The quantitative estimate of drug-likeness (QED) is 0.654. The highest BCUT2D eigenvalue weighted by Gasteiger charge is 2.35. The van der Waals surface area contributed by atoms with E-state index in [-0.39, 0.29) is 30.3 Å². The SMILES string of the molecule is CCOc1ccc(CN2C(=O)c3ccccc3C2=O)cc1C(=O)N1CCCCC1CC. The number of hydrogen-bond acceptors (Lipinski definition) is 4. The highest BCUT2D eigenvalue weighted by Crippen LogP contribution is 2.29. The molecular formula is C25H28N2O4. The van der Waals surface area contributed by atoms with Crippen molar-refractivity contribution < 1.29 is 19.1 Å². The molecule has 0 bridgehead atoms. The Morgan fingerprint density at radius 2 is 1.74 bits per heavy atom. The first-order valence-electron chi connectivity index (χ1n) is 11.1. The zero-order valence-corrected chi connectivity index (χ0v) is 18.1. The molecule has 1 unspecified atom stereocenters. The molecule has 3 amide bonds. The van der Waals surface area contributed by atoms with E-state index in [1.54, 1.807) is 36.4 Å². The first-order valence-corrected chi connectivity index (χ1v) is 11.1. The molecule has 2 aromatic rings. The fourth-order valence-electron chi connectivity index (χ4n) is 4.54. The average Bonchev–Trinajstić information content (AvgIpc) is 3.04. The van der Waals surface area contributed by atoms with Gasteiger partial charge in [-0.1, -0.05) is 25.1 Å². The molecule has 4 rings (SSSR count). The number of nitrogens with zero attached hydrogens (tertiary/aromatic N) is 2. The van der Waals surface area contributed by atoms with Gasteiger partial charge in [-0.2, -0.15) is 0 Å². The minimum absolute atomic E-state index is 0.0424. The summed E-state index contributed by atoms with van der Waals surface area (Å²) in [4.78, 5) is 42.1. The molecule has 0 N–H and O–H groups in total. The van der Waals surface area contributed by atoms with Crippen molar-refractivity contribution in [1.82, 2.24) is 9.80 Å². The van der Waals surface area contributed by atoms with Crippen molar-refractivity contribution in [2.45, 2.75) is 52.1 Å². The molecule has 2 aromatic carbocycles. The Kier molecular flexibility index (Phi) is 6.07. The summed E-state index contributed by atoms with van der Waals surface area (Å²) in [6.45, 7) is 5.31. The topological polar surface area (TPSA) is 66.9 Å². The monoisotopic (exact) mass is 420 g/mol. The maximum Gasteiger partial charge on any atom is 0.261 e. The van der Waals surface area contributed by atoms with E-state index < -0.39 is 0 Å². The summed E-state index contributed by atoms with van der Waals surface area (Å²) in [6.07, 6.45) is 4.08. The van der Waals surface area contributed by atoms with Gasteiger partial charge in [-0.05, 0) is 62.4 Å². The molecule has 1 fully saturated rings. The number of benzene rings is 2. The van der Waals surface area contributed by atoms with Crippen LogP contribution in [0.1, 0.15) is 76.2 Å². The Morgan fingerprint density at radius 1 is 1.03 bits per heavy atom. The van der Waals surface area contributed by atoms with Crippen molar-refractivity contribution in [2.24, 2.45) is 0 Å². The van der Waals surface area contributed by atoms with E-state index in [4.69, 9.17) is 4.74 Å². The largest absolute Gasteiger partial charge is 0.493 e. The van der Waals surface area contributed by atoms with Crippen molar-refractivity contribution in [2.75, 3.05) is 13.2 Å². The Bertz CT molecular complexity index is 981. The number of imide groups is 1. The molecule has 6 heteroatoms. The highest BCUT2D eigenvalue weighted by molar-refractivity contribution is 6.21. The van der Waals surface area contributed by atoms with Crippen molar-refractivity contribution in [1.29, 1.82) is 0 Å². The van der Waals surface area contributed by atoms with E-state index in [1.807, 2.05) is 17.9 Å². The van der Waals surface area contributed by atoms with Gasteiger partial charge in [0.25, 0.3) is 17.7 Å². The van der Waals surface area contributed by atoms with Crippen LogP contribution in [-0.4, -0.2) is 46.7 Å². The molecule has 2 aliphatic heterocycles. The van der Waals surface area contributed by atoms with Crippen LogP contribution in [0.3, 0.4) is 0 Å². The molecule has 0 spiro atoms. The molecule has 2 heterocycles. The van der Waals surface area contributed by atoms with E-state index >= 15 is 0 Å². The fourth-order valence-corrected chi connectivity index (χ4v) is 4.54. The Hall–Kier alpha value is -3.15. The number of amides is 3. The summed E-state index contributed by atoms with van der Waals surface area (Å²) in [5.74, 6) is -0.105. The predicted molar refractivity (Wildman–Crippen MR) is 117 cm³/mol. The second kappa shape index (κ2) is 8.92. The Balaban J connectivity index is 1.63. The maximum atomic E-state index is 13.5. The zero-order valence-electron chi connectivity index (χ0n) is 18.1. The maximum absolute atomic E-state index is 13.5. The number of fused-ring (bicyclic) bond motifs is 1. The average molecular weight is 421 g/mol. The molecule has 1 atom stereocenters. The van der Waals surface area contributed by atoms with Crippen molar-refractivity contribution in [3.05, 3.63) is 64.7 Å². The summed E-state index contributed by atoms with van der Waals surface area (Å²) >= 11 is 0. The lowest BCUT2D eigenvalue weighted by molar-refractivity contribution is 0.0603. The number of rotatable bonds is 6. The van der Waals surface area contributed by atoms with Gasteiger partial charge >= 0.3 is 0 Å². The minimum Gasteiger partial charge on any atom is -0.493 e. The van der Waals surface area contributed by atoms with Gasteiger partial charge in [0.1, 0.15) is 5.75 Å². The van der Waals surface area contributed by atoms with Gasteiger partial charge in [0.05, 0.1) is 29.8 Å². The molecule has 0 saturated carbocycles. The summed E-state index contributed by atoms with van der Waals surface area (Å²) < 4.78 is 5.74. The van der Waals surface area contributed by atoms with Crippen LogP contribution in [0.15, 0.2) is 42.5 Å². The lowest BCUT2D eigenvalue weighted by atomic mass is 9.98. The smallest absolute Gasteiger partial charge is 0.261 e. The summed E-state index contributed by atoms with van der Waals surface area (Å²) in [5, 5.41) is 0. The van der Waals surface area contributed by atoms with E-state index in [0.717, 1.165) is 37.8 Å². The normalized spacial score (nSPS) is 18.3. The van der Waals surface area contributed by atoms with E-state index in [1.165, 1.54) is 4.90 Å². The number of carbonyl (C=O) groups is 3. The van der Waals surface area contributed by atoms with E-state index in [0.29, 0.717) is 29.0 Å². The van der Waals surface area contributed by atoms with Crippen LogP contribution >= 0.6 is 0 Å². The van der Waals surface area contributed by atoms with Gasteiger partial charge in [0.15, 0.2) is 0 Å². The van der Waals surface area contributed by atoms with Gasteiger partial charge < -0.3 is 9.64 Å². The van der Waals surface area contributed by atoms with Crippen molar-refractivity contribution in [3.8, 4) is 5.75 Å². The molecule has 0 aliphatic carbocycles. The number of hydrogen-bond donors (Lipinski definition) is 0. The van der Waals surface area contributed by atoms with Crippen LogP contribution in [0, 0.1) is 0 Å². The summed E-state index contributed by atoms with van der Waals surface area (Å²) in [7, 11) is 0. The Labute approximate surface area is 182 Å². The standard InChI is InChI=1S/C25H28N2O4/c1-3-18-9-7-8-14-26(18)25(30)21-15-17(12-13-22(21)31-4-2)16-27-23(28)19-10-5-6-11-20(19)24(27)29/h5-6,10-13,15,18H,3-4,7-9,14,16H2,1-2H3. The molecule has 31 heavy (non-hydrogen) atoms. The molecule has 0 radical (unpaired) electrons. The Morgan fingerprint density at radius 3 is 2.39 bits per heavy atom. The van der Waals surface area contributed by atoms with E-state index in [9.17, 15) is 14.4 Å². The molecule has 1 saturated heterocycles. The lowest BCUT2D eigenvalue weighted by Gasteiger charge is -2.35. The minimum atomic E-state index is -0.301. The van der Waals surface area contributed by atoms with E-state index in [2.05, 4.69) is 6.92 Å². The van der Waals surface area contributed by atoms with Crippen LogP contribution in [0.4, 0.5) is 0 Å². The van der Waals surface area contributed by atoms with Crippen molar-refractivity contribution >= 4 is 17.7 Å². The third-order valence-electron chi connectivity index (χ3n) is 6.15. The second-order valence-corrected chi connectivity index (χ2v) is 8.06. The van der Waals surface area contributed by atoms with Crippen molar-refractivity contribution in [3.63, 3.8) is 0 Å². The third kappa shape index (κ3) is 3.94. The van der Waals surface area contributed by atoms with Crippen LogP contribution < -0.4 is 4.74 Å². The van der Waals surface area contributed by atoms with Crippen LogP contribution in [-0.2, 0) is 6.54 Å². The van der Waals surface area contributed by atoms with Crippen LogP contribution in [0.25, 0.3) is 0 Å². The molecular weight excluding hydrogens is 392 g/mol. The third-order valence-corrected chi connectivity index (χ3v) is 6.15. The van der Waals surface area contributed by atoms with Gasteiger partial charge in [0, 0.05) is 12.6 Å². The second-order valence-electron chi connectivity index (χ2n) is 8.06. The number of carbonyl (C=O) groups excluding carboxylic acids is 3. The molecule has 2 aliphatic rings. The number of likely N-dealkylation sites (tertiary alicyclic amines) is 1. The van der Waals surface area contributed by atoms with Gasteiger partial charge in [-0.3, -0.25) is 19.3 Å². The van der Waals surface area contributed by atoms with Gasteiger partial charge in [-0.15, -0.1) is 0 Å². The lowest BCUT2D eigenvalue weighted by Crippen LogP contribution is -2.43. The zero-order chi connectivity index (χ0) is 22.0. The fraction of sp³-hybridized carbons (Fsp3) is 0.400. The van der Waals surface area contributed by atoms with Gasteiger partial charge in [0.2, 0.25) is 0 Å². The predicted octanol–water partition coefficient (Wildman–Crippen LogP) is 4.29. The van der Waals surface area contributed by atoms with Crippen LogP contribution in [0.2, 0.25) is 0 Å². The number of ether oxygens (including phenoxy) is 1. The van der Waals surface area contributed by atoms with Gasteiger partial charge in [-0.25, -0.2) is 0 Å². The molecule has 0 aromatic heterocycles. The first kappa shape index (κ1) is 21.1. The molecule has 162 valence electrons. The summed E-state index contributed by atoms with van der Waals surface area (Å²) in [6, 6.07) is 12.4.